The van der Waals surface area contributed by atoms with Crippen molar-refractivity contribution in [2.45, 2.75) is 6.92 Å². The van der Waals surface area contributed by atoms with Gasteiger partial charge in [0.2, 0.25) is 0 Å². The van der Waals surface area contributed by atoms with Gasteiger partial charge in [-0.05, 0) is 18.4 Å². The highest BCUT2D eigenvalue weighted by Crippen LogP contribution is 2.22. The Bertz CT molecular complexity index is 485. The van der Waals surface area contributed by atoms with Gasteiger partial charge in [-0.25, -0.2) is 0 Å². The molecule has 0 bridgehead atoms. The lowest BCUT2D eigenvalue weighted by molar-refractivity contribution is -0.115. The molecule has 0 aliphatic heterocycles. The average molecular weight is 199 g/mol. The van der Waals surface area contributed by atoms with Crippen LogP contribution < -0.4 is 5.32 Å². The molecule has 0 saturated heterocycles. The third-order valence-electron chi connectivity index (χ3n) is 2.32. The van der Waals surface area contributed by atoms with Crippen LogP contribution in [-0.2, 0) is 4.79 Å². The minimum atomic E-state index is 0.142. The van der Waals surface area contributed by atoms with Crippen molar-refractivity contribution in [1.82, 2.24) is 0 Å². The van der Waals surface area contributed by atoms with E-state index in [1.54, 1.807) is 6.92 Å². The highest BCUT2D eigenvalue weighted by atomic mass is 16.1. The molecule has 0 fully saturated rings. The van der Waals surface area contributed by atoms with Gasteiger partial charge < -0.3 is 5.32 Å². The van der Waals surface area contributed by atoms with E-state index in [1.807, 2.05) is 24.3 Å². The fourth-order valence-corrected chi connectivity index (χ4v) is 1.60. The fraction of sp³-hybridized carbons (Fsp3) is 0.154. The molecule has 0 aliphatic rings. The van der Waals surface area contributed by atoms with E-state index in [2.05, 4.69) is 23.5 Å². The Hall–Kier alpha value is -1.83. The molecule has 2 nitrogen and oxygen atoms in total. The van der Waals surface area contributed by atoms with Crippen LogP contribution in [0.15, 0.2) is 42.5 Å². The molecule has 0 saturated carbocycles. The van der Waals surface area contributed by atoms with Crippen molar-refractivity contribution >= 4 is 22.2 Å². The minimum Gasteiger partial charge on any atom is -0.377 e. The highest BCUT2D eigenvalue weighted by molar-refractivity contribution is 5.95. The first-order valence-corrected chi connectivity index (χ1v) is 4.98. The normalized spacial score (nSPS) is 10.2. The van der Waals surface area contributed by atoms with Gasteiger partial charge in [0.15, 0.2) is 0 Å². The zero-order valence-corrected chi connectivity index (χ0v) is 8.66. The maximum atomic E-state index is 10.9. The van der Waals surface area contributed by atoms with Gasteiger partial charge in [0.1, 0.15) is 5.78 Å². The number of hydrogen-bond acceptors (Lipinski definition) is 2. The van der Waals surface area contributed by atoms with Crippen LogP contribution >= 0.6 is 0 Å². The smallest absolute Gasteiger partial charge is 0.148 e. The second kappa shape index (κ2) is 4.13. The van der Waals surface area contributed by atoms with Gasteiger partial charge in [0, 0.05) is 11.1 Å². The van der Waals surface area contributed by atoms with Crippen LogP contribution in [0.25, 0.3) is 10.8 Å². The summed E-state index contributed by atoms with van der Waals surface area (Å²) in [6.07, 6.45) is 0. The summed E-state index contributed by atoms with van der Waals surface area (Å²) in [6.45, 7) is 1.96. The van der Waals surface area contributed by atoms with Crippen LogP contribution in [0.2, 0.25) is 0 Å². The standard InChI is InChI=1S/C13H13NO/c1-10(15)9-14-13-8-4-6-11-5-2-3-7-12(11)13/h2-8,14H,9H2,1H3. The average Bonchev–Trinajstić information content (AvgIpc) is 2.26. The van der Waals surface area contributed by atoms with Gasteiger partial charge in [0.05, 0.1) is 6.54 Å². The van der Waals surface area contributed by atoms with Crippen molar-refractivity contribution in [3.8, 4) is 0 Å². The lowest BCUT2D eigenvalue weighted by Crippen LogP contribution is -2.09. The number of nitrogens with one attached hydrogen (secondary N) is 1. The number of hydrogen-bond donors (Lipinski definition) is 1. The summed E-state index contributed by atoms with van der Waals surface area (Å²) in [5.41, 5.74) is 1.02. The third kappa shape index (κ3) is 2.15. The van der Waals surface area contributed by atoms with Crippen LogP contribution in [0.3, 0.4) is 0 Å². The predicted molar refractivity (Wildman–Crippen MR) is 63.1 cm³/mol. The van der Waals surface area contributed by atoms with Gasteiger partial charge in [-0.2, -0.15) is 0 Å². The molecule has 0 unspecified atom stereocenters. The maximum Gasteiger partial charge on any atom is 0.148 e. The third-order valence-corrected chi connectivity index (χ3v) is 2.32. The van der Waals surface area contributed by atoms with Crippen LogP contribution in [0.5, 0.6) is 0 Å². The predicted octanol–water partition coefficient (Wildman–Crippen LogP) is 2.84. The Balaban J connectivity index is 2.38. The van der Waals surface area contributed by atoms with E-state index in [9.17, 15) is 4.79 Å². The first kappa shape index (κ1) is 9.71. The zero-order chi connectivity index (χ0) is 10.7. The number of anilines is 1. The van der Waals surface area contributed by atoms with Gasteiger partial charge in [-0.3, -0.25) is 4.79 Å². The Morgan fingerprint density at radius 2 is 1.87 bits per heavy atom. The second-order valence-electron chi connectivity index (χ2n) is 3.58. The summed E-state index contributed by atoms with van der Waals surface area (Å²) in [5.74, 6) is 0.142. The zero-order valence-electron chi connectivity index (χ0n) is 8.66. The fourth-order valence-electron chi connectivity index (χ4n) is 1.60. The molecule has 0 heterocycles. The molecule has 0 aliphatic carbocycles. The van der Waals surface area contributed by atoms with E-state index >= 15 is 0 Å². The monoisotopic (exact) mass is 199 g/mol. The summed E-state index contributed by atoms with van der Waals surface area (Å²) < 4.78 is 0. The van der Waals surface area contributed by atoms with Crippen molar-refractivity contribution in [3.05, 3.63) is 42.5 Å². The number of Topliss-reactive ketones (excluding diaryl/α,β-unsaturated/α-hetero) is 1. The van der Waals surface area contributed by atoms with E-state index in [4.69, 9.17) is 0 Å². The Morgan fingerprint density at radius 1 is 1.13 bits per heavy atom. The van der Waals surface area contributed by atoms with E-state index in [0.29, 0.717) is 6.54 Å². The first-order chi connectivity index (χ1) is 7.27. The van der Waals surface area contributed by atoms with E-state index in [1.165, 1.54) is 5.39 Å². The summed E-state index contributed by atoms with van der Waals surface area (Å²) in [7, 11) is 0. The molecule has 2 aromatic rings. The van der Waals surface area contributed by atoms with Crippen molar-refractivity contribution in [3.63, 3.8) is 0 Å². The second-order valence-corrected chi connectivity index (χ2v) is 3.58. The lowest BCUT2D eigenvalue weighted by Gasteiger charge is -2.07. The number of carbonyl (C=O) groups excluding carboxylic acids is 1. The molecule has 0 spiro atoms. The van der Waals surface area contributed by atoms with Gasteiger partial charge in [-0.1, -0.05) is 36.4 Å². The molecule has 15 heavy (non-hydrogen) atoms. The summed E-state index contributed by atoms with van der Waals surface area (Å²) in [6, 6.07) is 14.2. The van der Waals surface area contributed by atoms with Crippen molar-refractivity contribution < 1.29 is 4.79 Å². The molecule has 0 amide bonds. The molecule has 76 valence electrons. The Labute approximate surface area is 88.9 Å². The highest BCUT2D eigenvalue weighted by Gasteiger charge is 1.99. The molecule has 2 heteroatoms. The van der Waals surface area contributed by atoms with Crippen LogP contribution in [0, 0.1) is 0 Å². The molecule has 1 N–H and O–H groups in total. The molecule has 0 atom stereocenters. The van der Waals surface area contributed by atoms with Crippen LogP contribution in [0.1, 0.15) is 6.92 Å². The molecule has 0 aromatic heterocycles. The van der Waals surface area contributed by atoms with Gasteiger partial charge in [0.25, 0.3) is 0 Å². The van der Waals surface area contributed by atoms with E-state index in [0.717, 1.165) is 11.1 Å². The summed E-state index contributed by atoms with van der Waals surface area (Å²) in [4.78, 5) is 10.9. The Kier molecular flexibility index (Phi) is 2.68. The number of ketones is 1. The van der Waals surface area contributed by atoms with Crippen molar-refractivity contribution in [2.75, 3.05) is 11.9 Å². The molecule has 2 aromatic carbocycles. The number of carbonyl (C=O) groups is 1. The van der Waals surface area contributed by atoms with Crippen molar-refractivity contribution in [1.29, 1.82) is 0 Å². The Morgan fingerprint density at radius 3 is 2.67 bits per heavy atom. The topological polar surface area (TPSA) is 29.1 Å². The summed E-state index contributed by atoms with van der Waals surface area (Å²) in [5, 5.41) is 5.48. The lowest BCUT2D eigenvalue weighted by atomic mass is 10.1. The number of benzene rings is 2. The number of fused-ring (bicyclic) bond motifs is 1. The first-order valence-electron chi connectivity index (χ1n) is 4.98. The SMILES string of the molecule is CC(=O)CNc1cccc2ccccc12. The molecular weight excluding hydrogens is 186 g/mol. The summed E-state index contributed by atoms with van der Waals surface area (Å²) >= 11 is 0. The van der Waals surface area contributed by atoms with Crippen molar-refractivity contribution in [2.24, 2.45) is 0 Å². The van der Waals surface area contributed by atoms with Crippen LogP contribution in [-0.4, -0.2) is 12.3 Å². The van der Waals surface area contributed by atoms with E-state index in [-0.39, 0.29) is 5.78 Å². The minimum absolute atomic E-state index is 0.142. The molecular formula is C13H13NO. The molecule has 0 radical (unpaired) electrons. The van der Waals surface area contributed by atoms with Gasteiger partial charge >= 0.3 is 0 Å². The quantitative estimate of drug-likeness (QED) is 0.823. The van der Waals surface area contributed by atoms with Crippen LogP contribution in [0.4, 0.5) is 5.69 Å². The maximum absolute atomic E-state index is 10.9. The van der Waals surface area contributed by atoms with Gasteiger partial charge in [-0.15, -0.1) is 0 Å². The largest absolute Gasteiger partial charge is 0.377 e. The number of rotatable bonds is 3. The molecule has 2 rings (SSSR count). The van der Waals surface area contributed by atoms with E-state index < -0.39 is 0 Å².